The van der Waals surface area contributed by atoms with Gasteiger partial charge >= 0.3 is 0 Å². The molecule has 1 N–H and O–H groups in total. The number of hydrogen-bond donors (Lipinski definition) is 1. The molecule has 0 aromatic heterocycles. The Labute approximate surface area is 93.0 Å². The Bertz CT molecular complexity index is 247. The van der Waals surface area contributed by atoms with Gasteiger partial charge < -0.3 is 9.84 Å². The fourth-order valence-corrected chi connectivity index (χ4v) is 3.61. The van der Waals surface area contributed by atoms with E-state index in [1.54, 1.807) is 6.92 Å². The van der Waals surface area contributed by atoms with Gasteiger partial charge in [-0.1, -0.05) is 27.2 Å². The molecule has 4 unspecified atom stereocenters. The van der Waals surface area contributed by atoms with E-state index in [2.05, 4.69) is 20.8 Å². The molecule has 0 radical (unpaired) electrons. The van der Waals surface area contributed by atoms with Crippen LogP contribution >= 0.6 is 0 Å². The zero-order chi connectivity index (χ0) is 11.3. The SMILES string of the molecule is CC(O)COC12CC(C)CCC1C2(C)C. The first-order chi connectivity index (χ1) is 6.90. The van der Waals surface area contributed by atoms with E-state index in [9.17, 15) is 5.11 Å². The van der Waals surface area contributed by atoms with E-state index in [1.165, 1.54) is 19.3 Å². The van der Waals surface area contributed by atoms with Crippen LogP contribution in [0.25, 0.3) is 0 Å². The van der Waals surface area contributed by atoms with Crippen molar-refractivity contribution in [3.8, 4) is 0 Å². The van der Waals surface area contributed by atoms with E-state index >= 15 is 0 Å². The molecule has 88 valence electrons. The third-order valence-corrected chi connectivity index (χ3v) is 4.62. The van der Waals surface area contributed by atoms with Gasteiger partial charge in [0.05, 0.1) is 18.3 Å². The summed E-state index contributed by atoms with van der Waals surface area (Å²) in [6, 6.07) is 0. The highest BCUT2D eigenvalue weighted by Crippen LogP contribution is 2.70. The molecule has 0 spiro atoms. The van der Waals surface area contributed by atoms with Crippen molar-refractivity contribution in [1.29, 1.82) is 0 Å². The Morgan fingerprint density at radius 3 is 2.67 bits per heavy atom. The van der Waals surface area contributed by atoms with Gasteiger partial charge in [0.2, 0.25) is 0 Å². The average Bonchev–Trinajstić information content (AvgIpc) is 2.60. The van der Waals surface area contributed by atoms with Crippen molar-refractivity contribution >= 4 is 0 Å². The van der Waals surface area contributed by atoms with Gasteiger partial charge in [0.1, 0.15) is 0 Å². The minimum Gasteiger partial charge on any atom is -0.391 e. The molecule has 0 saturated heterocycles. The number of ether oxygens (including phenoxy) is 1. The molecule has 2 saturated carbocycles. The van der Waals surface area contributed by atoms with Crippen LogP contribution in [0.4, 0.5) is 0 Å². The number of aliphatic hydroxyl groups excluding tert-OH is 1. The van der Waals surface area contributed by atoms with Crippen LogP contribution in [0.3, 0.4) is 0 Å². The molecule has 0 aliphatic heterocycles. The molecule has 0 heterocycles. The monoisotopic (exact) mass is 212 g/mol. The number of hydrogen-bond acceptors (Lipinski definition) is 2. The van der Waals surface area contributed by atoms with Crippen LogP contribution in [0.15, 0.2) is 0 Å². The Morgan fingerprint density at radius 2 is 2.07 bits per heavy atom. The van der Waals surface area contributed by atoms with Crippen molar-refractivity contribution in [3.63, 3.8) is 0 Å². The Balaban J connectivity index is 2.04. The fourth-order valence-electron chi connectivity index (χ4n) is 3.61. The fraction of sp³-hybridized carbons (Fsp3) is 1.00. The molecule has 2 aliphatic carbocycles. The summed E-state index contributed by atoms with van der Waals surface area (Å²) in [6.07, 6.45) is 3.48. The lowest BCUT2D eigenvalue weighted by Gasteiger charge is -2.28. The summed E-state index contributed by atoms with van der Waals surface area (Å²) in [5.41, 5.74) is 0.411. The minimum absolute atomic E-state index is 0.0850. The predicted molar refractivity (Wildman–Crippen MR) is 60.6 cm³/mol. The van der Waals surface area contributed by atoms with E-state index < -0.39 is 0 Å². The van der Waals surface area contributed by atoms with E-state index in [-0.39, 0.29) is 11.7 Å². The second-order valence-electron chi connectivity index (χ2n) is 6.21. The van der Waals surface area contributed by atoms with Crippen molar-refractivity contribution in [2.24, 2.45) is 17.3 Å². The zero-order valence-electron chi connectivity index (χ0n) is 10.4. The topological polar surface area (TPSA) is 29.5 Å². The third kappa shape index (κ3) is 1.62. The maximum absolute atomic E-state index is 9.33. The number of aliphatic hydroxyl groups is 1. The van der Waals surface area contributed by atoms with E-state index in [0.717, 1.165) is 11.8 Å². The summed E-state index contributed by atoms with van der Waals surface area (Å²) >= 11 is 0. The first-order valence-corrected chi connectivity index (χ1v) is 6.22. The van der Waals surface area contributed by atoms with Crippen LogP contribution in [0.5, 0.6) is 0 Å². The summed E-state index contributed by atoms with van der Waals surface area (Å²) < 4.78 is 6.04. The molecule has 15 heavy (non-hydrogen) atoms. The summed E-state index contributed by atoms with van der Waals surface area (Å²) in [7, 11) is 0. The second-order valence-corrected chi connectivity index (χ2v) is 6.21. The lowest BCUT2D eigenvalue weighted by molar-refractivity contribution is -0.0585. The summed E-state index contributed by atoms with van der Waals surface area (Å²) in [5.74, 6) is 1.50. The molecule has 2 fully saturated rings. The Morgan fingerprint density at radius 1 is 1.40 bits per heavy atom. The summed E-state index contributed by atoms with van der Waals surface area (Å²) in [6.45, 7) is 9.24. The smallest absolute Gasteiger partial charge is 0.0774 e. The van der Waals surface area contributed by atoms with E-state index in [1.807, 2.05) is 0 Å². The van der Waals surface area contributed by atoms with Gasteiger partial charge in [-0.15, -0.1) is 0 Å². The van der Waals surface area contributed by atoms with Crippen molar-refractivity contribution < 1.29 is 9.84 Å². The molecule has 0 bridgehead atoms. The number of rotatable bonds is 3. The maximum atomic E-state index is 9.33. The third-order valence-electron chi connectivity index (χ3n) is 4.62. The molecule has 2 aliphatic rings. The molecule has 0 amide bonds. The highest BCUT2D eigenvalue weighted by Gasteiger charge is 2.72. The molecule has 0 aromatic rings. The lowest BCUT2D eigenvalue weighted by Crippen LogP contribution is -2.30. The van der Waals surface area contributed by atoms with Gasteiger partial charge in [0.25, 0.3) is 0 Å². The quantitative estimate of drug-likeness (QED) is 0.779. The van der Waals surface area contributed by atoms with Gasteiger partial charge in [0, 0.05) is 0 Å². The highest BCUT2D eigenvalue weighted by molar-refractivity contribution is 5.22. The molecule has 2 heteroatoms. The zero-order valence-corrected chi connectivity index (χ0v) is 10.4. The molecule has 2 rings (SSSR count). The van der Waals surface area contributed by atoms with E-state index in [0.29, 0.717) is 12.0 Å². The standard InChI is InChI=1S/C13H24O2/c1-9-5-6-11-12(3,4)13(11,7-9)15-8-10(2)14/h9-11,14H,5-8H2,1-4H3. The summed E-state index contributed by atoms with van der Waals surface area (Å²) in [5, 5.41) is 9.33. The predicted octanol–water partition coefficient (Wildman–Crippen LogP) is 2.60. The molecular formula is C13H24O2. The Hall–Kier alpha value is -0.0800. The van der Waals surface area contributed by atoms with Crippen LogP contribution in [-0.4, -0.2) is 23.4 Å². The molecule has 0 aromatic carbocycles. The molecular weight excluding hydrogens is 188 g/mol. The normalized spacial score (nSPS) is 44.6. The lowest BCUT2D eigenvalue weighted by atomic mass is 9.88. The second kappa shape index (κ2) is 3.46. The molecule has 4 atom stereocenters. The van der Waals surface area contributed by atoms with Gasteiger partial charge in [-0.3, -0.25) is 0 Å². The van der Waals surface area contributed by atoms with Crippen LogP contribution in [0, 0.1) is 17.3 Å². The minimum atomic E-state index is -0.339. The highest BCUT2D eigenvalue weighted by atomic mass is 16.5. The first-order valence-electron chi connectivity index (χ1n) is 6.22. The number of fused-ring (bicyclic) bond motifs is 1. The van der Waals surface area contributed by atoms with Crippen molar-refractivity contribution in [2.75, 3.05) is 6.61 Å². The van der Waals surface area contributed by atoms with Gasteiger partial charge in [-0.25, -0.2) is 0 Å². The van der Waals surface area contributed by atoms with Crippen LogP contribution < -0.4 is 0 Å². The summed E-state index contributed by atoms with van der Waals surface area (Å²) in [4.78, 5) is 0. The maximum Gasteiger partial charge on any atom is 0.0774 e. The van der Waals surface area contributed by atoms with E-state index in [4.69, 9.17) is 4.74 Å². The van der Waals surface area contributed by atoms with Crippen molar-refractivity contribution in [1.82, 2.24) is 0 Å². The van der Waals surface area contributed by atoms with Gasteiger partial charge in [0.15, 0.2) is 0 Å². The van der Waals surface area contributed by atoms with Crippen LogP contribution in [0.1, 0.15) is 47.0 Å². The van der Waals surface area contributed by atoms with Crippen molar-refractivity contribution in [2.45, 2.75) is 58.7 Å². The first kappa shape index (κ1) is 11.4. The largest absolute Gasteiger partial charge is 0.391 e. The van der Waals surface area contributed by atoms with Gasteiger partial charge in [-0.2, -0.15) is 0 Å². The van der Waals surface area contributed by atoms with Gasteiger partial charge in [-0.05, 0) is 37.0 Å². The Kier molecular flexibility index (Phi) is 2.63. The van der Waals surface area contributed by atoms with Crippen molar-refractivity contribution in [3.05, 3.63) is 0 Å². The van der Waals surface area contributed by atoms with Crippen LogP contribution in [0.2, 0.25) is 0 Å². The molecule has 2 nitrogen and oxygen atoms in total. The average molecular weight is 212 g/mol. The van der Waals surface area contributed by atoms with Crippen LogP contribution in [-0.2, 0) is 4.74 Å².